The highest BCUT2D eigenvalue weighted by atomic mass is 16.5. The Morgan fingerprint density at radius 1 is 1.07 bits per heavy atom. The first kappa shape index (κ1) is 18.5. The van der Waals surface area contributed by atoms with Crippen LogP contribution in [0.25, 0.3) is 11.0 Å². The van der Waals surface area contributed by atoms with Crippen LogP contribution in [0.15, 0.2) is 24.3 Å². The predicted octanol–water partition coefficient (Wildman–Crippen LogP) is 3.54. The van der Waals surface area contributed by atoms with E-state index in [4.69, 9.17) is 14.7 Å². The minimum Gasteiger partial charge on any atom is -0.481 e. The molecule has 0 saturated carbocycles. The SMILES string of the molecule is CCc1nn(C)c(OC)c1CNc1nc2ccccc2nc1N1CCCCC1. The molecule has 0 unspecified atom stereocenters. The Morgan fingerprint density at radius 3 is 2.46 bits per heavy atom. The fraction of sp³-hybridized carbons (Fsp3) is 0.476. The highest BCUT2D eigenvalue weighted by Crippen LogP contribution is 2.29. The predicted molar refractivity (Wildman–Crippen MR) is 112 cm³/mol. The van der Waals surface area contributed by atoms with Crippen molar-refractivity contribution in [3.63, 3.8) is 0 Å². The lowest BCUT2D eigenvalue weighted by molar-refractivity contribution is 0.369. The number of hydrogen-bond acceptors (Lipinski definition) is 6. The van der Waals surface area contributed by atoms with Gasteiger partial charge in [0.2, 0.25) is 5.88 Å². The van der Waals surface area contributed by atoms with Gasteiger partial charge >= 0.3 is 0 Å². The third-order valence-corrected chi connectivity index (χ3v) is 5.34. The summed E-state index contributed by atoms with van der Waals surface area (Å²) < 4.78 is 7.38. The molecular weight excluding hydrogens is 352 g/mol. The van der Waals surface area contributed by atoms with Crippen molar-refractivity contribution in [2.24, 2.45) is 7.05 Å². The van der Waals surface area contributed by atoms with Crippen LogP contribution in [0.3, 0.4) is 0 Å². The molecule has 2 aromatic heterocycles. The number of benzene rings is 1. The van der Waals surface area contributed by atoms with Gasteiger partial charge in [-0.15, -0.1) is 0 Å². The molecule has 1 aliphatic rings. The molecule has 1 saturated heterocycles. The monoisotopic (exact) mass is 380 g/mol. The van der Waals surface area contributed by atoms with Gasteiger partial charge in [-0.1, -0.05) is 19.1 Å². The number of nitrogens with one attached hydrogen (secondary N) is 1. The van der Waals surface area contributed by atoms with Gasteiger partial charge in [-0.3, -0.25) is 0 Å². The fourth-order valence-corrected chi connectivity index (χ4v) is 3.93. The maximum absolute atomic E-state index is 5.58. The summed E-state index contributed by atoms with van der Waals surface area (Å²) in [4.78, 5) is 12.2. The van der Waals surface area contributed by atoms with Gasteiger partial charge in [0.15, 0.2) is 11.6 Å². The lowest BCUT2D eigenvalue weighted by Crippen LogP contribution is -2.31. The number of piperidine rings is 1. The number of hydrogen-bond donors (Lipinski definition) is 1. The minimum absolute atomic E-state index is 0.605. The molecule has 7 heteroatoms. The van der Waals surface area contributed by atoms with Crippen LogP contribution in [0.1, 0.15) is 37.4 Å². The number of nitrogens with zero attached hydrogens (tertiary/aromatic N) is 5. The molecule has 3 aromatic rings. The maximum atomic E-state index is 5.58. The second-order valence-electron chi connectivity index (χ2n) is 7.20. The lowest BCUT2D eigenvalue weighted by atomic mass is 10.1. The molecule has 1 N–H and O–H groups in total. The van der Waals surface area contributed by atoms with Gasteiger partial charge in [0.05, 0.1) is 29.4 Å². The fourth-order valence-electron chi connectivity index (χ4n) is 3.93. The normalized spacial score (nSPS) is 14.5. The summed E-state index contributed by atoms with van der Waals surface area (Å²) in [6.45, 7) is 4.77. The van der Waals surface area contributed by atoms with Gasteiger partial charge < -0.3 is 15.0 Å². The number of aryl methyl sites for hydroxylation is 2. The average Bonchev–Trinajstić information content (AvgIpc) is 3.06. The van der Waals surface area contributed by atoms with Gasteiger partial charge in [0.1, 0.15) is 0 Å². The molecule has 28 heavy (non-hydrogen) atoms. The van der Waals surface area contributed by atoms with Gasteiger partial charge in [0.25, 0.3) is 0 Å². The molecule has 1 aromatic carbocycles. The van der Waals surface area contributed by atoms with Crippen molar-refractivity contribution < 1.29 is 4.74 Å². The number of ether oxygens (including phenoxy) is 1. The lowest BCUT2D eigenvalue weighted by Gasteiger charge is -2.29. The summed E-state index contributed by atoms with van der Waals surface area (Å²) in [7, 11) is 3.60. The molecule has 0 atom stereocenters. The number of anilines is 2. The highest BCUT2D eigenvalue weighted by Gasteiger charge is 2.20. The van der Waals surface area contributed by atoms with E-state index in [1.807, 2.05) is 31.3 Å². The first-order valence-electron chi connectivity index (χ1n) is 10.1. The van der Waals surface area contributed by atoms with E-state index in [1.54, 1.807) is 11.8 Å². The first-order chi connectivity index (χ1) is 13.7. The van der Waals surface area contributed by atoms with Crippen molar-refractivity contribution in [3.05, 3.63) is 35.5 Å². The Balaban J connectivity index is 1.69. The van der Waals surface area contributed by atoms with E-state index >= 15 is 0 Å². The van der Waals surface area contributed by atoms with Crippen molar-refractivity contribution in [2.75, 3.05) is 30.4 Å². The Morgan fingerprint density at radius 2 is 1.79 bits per heavy atom. The summed E-state index contributed by atoms with van der Waals surface area (Å²) in [5, 5.41) is 8.11. The second kappa shape index (κ2) is 8.04. The molecule has 0 spiro atoms. The molecule has 148 valence electrons. The zero-order valence-electron chi connectivity index (χ0n) is 16.9. The Hall–Kier alpha value is -2.83. The van der Waals surface area contributed by atoms with E-state index in [0.717, 1.165) is 59.3 Å². The molecule has 1 aliphatic heterocycles. The Bertz CT molecular complexity index is 961. The van der Waals surface area contributed by atoms with Crippen molar-refractivity contribution in [1.29, 1.82) is 0 Å². The van der Waals surface area contributed by atoms with Crippen LogP contribution in [-0.2, 0) is 20.0 Å². The van der Waals surface area contributed by atoms with E-state index in [0.29, 0.717) is 6.54 Å². The van der Waals surface area contributed by atoms with E-state index in [1.165, 1.54) is 19.3 Å². The Labute approximate surface area is 165 Å². The smallest absolute Gasteiger partial charge is 0.216 e. The van der Waals surface area contributed by atoms with Gasteiger partial charge in [-0.25, -0.2) is 14.6 Å². The summed E-state index contributed by atoms with van der Waals surface area (Å²) >= 11 is 0. The molecule has 3 heterocycles. The quantitative estimate of drug-likeness (QED) is 0.705. The molecule has 1 fully saturated rings. The number of aromatic nitrogens is 4. The summed E-state index contributed by atoms with van der Waals surface area (Å²) in [5.41, 5.74) is 3.95. The largest absolute Gasteiger partial charge is 0.481 e. The molecule has 0 aliphatic carbocycles. The van der Waals surface area contributed by atoms with Crippen LogP contribution in [-0.4, -0.2) is 39.9 Å². The molecular formula is C21H28N6O. The summed E-state index contributed by atoms with van der Waals surface area (Å²) in [5.74, 6) is 2.56. The molecule has 4 rings (SSSR count). The van der Waals surface area contributed by atoms with Crippen molar-refractivity contribution in [1.82, 2.24) is 19.7 Å². The minimum atomic E-state index is 0.605. The van der Waals surface area contributed by atoms with E-state index in [9.17, 15) is 0 Å². The van der Waals surface area contributed by atoms with E-state index in [2.05, 4.69) is 22.2 Å². The van der Waals surface area contributed by atoms with Crippen LogP contribution in [0, 0.1) is 0 Å². The maximum Gasteiger partial charge on any atom is 0.216 e. The zero-order chi connectivity index (χ0) is 19.5. The van der Waals surface area contributed by atoms with Crippen LogP contribution in [0.5, 0.6) is 5.88 Å². The topological polar surface area (TPSA) is 68.1 Å². The van der Waals surface area contributed by atoms with Crippen LogP contribution >= 0.6 is 0 Å². The van der Waals surface area contributed by atoms with Crippen molar-refractivity contribution in [2.45, 2.75) is 39.2 Å². The molecule has 0 amide bonds. The molecule has 0 radical (unpaired) electrons. The second-order valence-corrected chi connectivity index (χ2v) is 7.20. The number of fused-ring (bicyclic) bond motifs is 1. The van der Waals surface area contributed by atoms with Crippen molar-refractivity contribution >= 4 is 22.7 Å². The summed E-state index contributed by atoms with van der Waals surface area (Å²) in [6, 6.07) is 8.05. The number of methoxy groups -OCH3 is 1. The van der Waals surface area contributed by atoms with E-state index in [-0.39, 0.29) is 0 Å². The van der Waals surface area contributed by atoms with E-state index < -0.39 is 0 Å². The van der Waals surface area contributed by atoms with Crippen LogP contribution < -0.4 is 15.0 Å². The van der Waals surface area contributed by atoms with Gasteiger partial charge in [0, 0.05) is 26.7 Å². The average molecular weight is 380 g/mol. The number of para-hydroxylation sites is 2. The summed E-state index contributed by atoms with van der Waals surface area (Å²) in [6.07, 6.45) is 4.54. The van der Waals surface area contributed by atoms with Gasteiger partial charge in [-0.2, -0.15) is 5.10 Å². The third kappa shape index (κ3) is 3.48. The van der Waals surface area contributed by atoms with Crippen molar-refractivity contribution in [3.8, 4) is 5.88 Å². The first-order valence-corrected chi connectivity index (χ1v) is 10.1. The van der Waals surface area contributed by atoms with Crippen LogP contribution in [0.4, 0.5) is 11.6 Å². The standard InChI is InChI=1S/C21H28N6O/c1-4-16-15(21(28-3)26(2)25-16)14-22-19-20(27-12-8-5-9-13-27)24-18-11-7-6-10-17(18)23-19/h6-7,10-11H,4-5,8-9,12-14H2,1-3H3,(H,22,23). The van der Waals surface area contributed by atoms with Crippen LogP contribution in [0.2, 0.25) is 0 Å². The zero-order valence-corrected chi connectivity index (χ0v) is 16.9. The third-order valence-electron chi connectivity index (χ3n) is 5.34. The number of rotatable bonds is 6. The highest BCUT2D eigenvalue weighted by molar-refractivity contribution is 5.80. The Kier molecular flexibility index (Phi) is 5.32. The molecule has 7 nitrogen and oxygen atoms in total. The molecule has 0 bridgehead atoms. The van der Waals surface area contributed by atoms with Gasteiger partial charge in [-0.05, 0) is 37.8 Å².